The minimum Gasteiger partial charge on any atom is -0.453 e. The average Bonchev–Trinajstić information content (AvgIpc) is 3.76. The van der Waals surface area contributed by atoms with Gasteiger partial charge in [-0.15, -0.1) is 0 Å². The summed E-state index contributed by atoms with van der Waals surface area (Å²) in [7, 11) is 1.31. The molecule has 4 heterocycles. The summed E-state index contributed by atoms with van der Waals surface area (Å²) in [4.78, 5) is 60.0. The zero-order chi connectivity index (χ0) is 36.7. The van der Waals surface area contributed by atoms with Crippen LogP contribution in [-0.4, -0.2) is 72.9 Å². The molecule has 11 nitrogen and oxygen atoms in total. The van der Waals surface area contributed by atoms with Crippen LogP contribution < -0.4 is 5.32 Å². The first-order valence-corrected chi connectivity index (χ1v) is 19.1. The second-order valence-corrected chi connectivity index (χ2v) is 16.4. The highest BCUT2D eigenvalue weighted by Gasteiger charge is 2.57. The highest BCUT2D eigenvalue weighted by atomic mass is 16.5. The fourth-order valence-corrected chi connectivity index (χ4v) is 9.04. The molecule has 4 aliphatic rings. The summed E-state index contributed by atoms with van der Waals surface area (Å²) in [5, 5.41) is 4.96. The number of hydrogen-bond acceptors (Lipinski definition) is 6. The van der Waals surface area contributed by atoms with Gasteiger partial charge in [0, 0.05) is 23.9 Å². The maximum atomic E-state index is 13.8. The SMILES string of the molecule is COC(=O)N[C@H](C(=O)N1[C@@H]2CC2C[C@H]1c1ncc(-c2ccc(-c3ccc4c(ccc5[nH]c([C@@H]6C[C@H]7C[C@H]7N6C(=O)CC(C)C)nc54)c3)cc2)[nH]1)C(C)C. The van der Waals surface area contributed by atoms with Gasteiger partial charge >= 0.3 is 6.09 Å². The second-order valence-electron chi connectivity index (χ2n) is 16.4. The summed E-state index contributed by atoms with van der Waals surface area (Å²) < 4.78 is 4.80. The molecule has 0 bridgehead atoms. The lowest BCUT2D eigenvalue weighted by Gasteiger charge is -2.31. The lowest BCUT2D eigenvalue weighted by Crippen LogP contribution is -2.52. The maximum Gasteiger partial charge on any atom is 0.407 e. The van der Waals surface area contributed by atoms with Gasteiger partial charge in [-0.2, -0.15) is 0 Å². The Morgan fingerprint density at radius 3 is 2.21 bits per heavy atom. The molecule has 5 aromatic rings. The number of methoxy groups -OCH3 is 1. The van der Waals surface area contributed by atoms with Gasteiger partial charge < -0.3 is 29.8 Å². The molecule has 2 aliphatic carbocycles. The number of carbonyl (C=O) groups is 3. The summed E-state index contributed by atoms with van der Waals surface area (Å²) in [6.07, 6.45) is 5.78. The molecule has 7 atom stereocenters. The fourth-order valence-electron chi connectivity index (χ4n) is 9.04. The van der Waals surface area contributed by atoms with Crippen LogP contribution in [0.15, 0.2) is 60.8 Å². The molecular formula is C42H47N7O4. The first kappa shape index (κ1) is 33.6. The highest BCUT2D eigenvalue weighted by Crippen LogP contribution is 2.54. The molecule has 2 saturated carbocycles. The predicted molar refractivity (Wildman–Crippen MR) is 202 cm³/mol. The normalized spacial score (nSPS) is 24.9. The summed E-state index contributed by atoms with van der Waals surface area (Å²) in [6, 6.07) is 19.0. The molecule has 9 rings (SSSR count). The number of ether oxygens (including phenoxy) is 1. The van der Waals surface area contributed by atoms with Crippen LogP contribution in [0, 0.1) is 23.7 Å². The zero-order valence-electron chi connectivity index (χ0n) is 30.9. The summed E-state index contributed by atoms with van der Waals surface area (Å²) in [6.45, 7) is 8.07. The van der Waals surface area contributed by atoms with Crippen molar-refractivity contribution in [2.75, 3.05) is 7.11 Å². The topological polar surface area (TPSA) is 136 Å². The molecule has 4 fully saturated rings. The Morgan fingerprint density at radius 1 is 0.830 bits per heavy atom. The number of imidazole rings is 2. The predicted octanol–water partition coefficient (Wildman–Crippen LogP) is 7.52. The van der Waals surface area contributed by atoms with Gasteiger partial charge in [-0.25, -0.2) is 14.8 Å². The van der Waals surface area contributed by atoms with E-state index in [-0.39, 0.29) is 35.9 Å². The quantitative estimate of drug-likeness (QED) is 0.145. The highest BCUT2D eigenvalue weighted by molar-refractivity contribution is 6.05. The lowest BCUT2D eigenvalue weighted by atomic mass is 9.99. The van der Waals surface area contributed by atoms with E-state index in [1.165, 1.54) is 7.11 Å². The number of fused-ring (bicyclic) bond motifs is 5. The average molecular weight is 714 g/mol. The Kier molecular flexibility index (Phi) is 8.08. The standard InChI is InChI=1S/C42H47N7O4/c1-21(2)14-36(50)48-32-16-27(32)19-35(48)40-44-30-13-11-26-15-25(10-12-29(26)38(30)46-40)23-6-8-24(9-7-23)31-20-43-39(45-31)34-18-28-17-33(28)49(34)41(51)37(22(3)4)47-42(52)53-5/h6-13,15,20-22,27-28,32-35,37H,14,16-19H2,1-5H3,(H,43,45)(H,44,46)(H,47,52)/t27-,28?,32-,33-,34+,35+,37+/m1/s1. The van der Waals surface area contributed by atoms with E-state index in [0.29, 0.717) is 30.2 Å². The van der Waals surface area contributed by atoms with Crippen LogP contribution in [-0.2, 0) is 14.3 Å². The van der Waals surface area contributed by atoms with E-state index in [9.17, 15) is 14.4 Å². The van der Waals surface area contributed by atoms with Crippen LogP contribution in [0.1, 0.15) is 83.5 Å². The van der Waals surface area contributed by atoms with Crippen molar-refractivity contribution in [1.29, 1.82) is 0 Å². The van der Waals surface area contributed by atoms with Gasteiger partial charge in [0.05, 0.1) is 42.1 Å². The number of aromatic nitrogens is 4. The molecule has 11 heteroatoms. The number of nitrogens with zero attached hydrogens (tertiary/aromatic N) is 4. The van der Waals surface area contributed by atoms with Crippen LogP contribution in [0.5, 0.6) is 0 Å². The van der Waals surface area contributed by atoms with Crippen molar-refractivity contribution < 1.29 is 19.1 Å². The second kappa shape index (κ2) is 12.7. The minimum absolute atomic E-state index is 0.0222. The molecule has 0 radical (unpaired) electrons. The van der Waals surface area contributed by atoms with E-state index >= 15 is 0 Å². The Hall–Kier alpha value is -5.19. The third-order valence-corrected chi connectivity index (χ3v) is 12.0. The summed E-state index contributed by atoms with van der Waals surface area (Å²) in [5.41, 5.74) is 6.08. The molecular weight excluding hydrogens is 667 g/mol. The molecule has 0 spiro atoms. The van der Waals surface area contributed by atoms with Gasteiger partial charge in [-0.05, 0) is 83.6 Å². The number of hydrogen-bond donors (Lipinski definition) is 3. The Morgan fingerprint density at radius 2 is 1.51 bits per heavy atom. The number of carbonyl (C=O) groups excluding carboxylic acids is 3. The maximum absolute atomic E-state index is 13.8. The third-order valence-electron chi connectivity index (χ3n) is 12.0. The Labute approximate surface area is 308 Å². The summed E-state index contributed by atoms with van der Waals surface area (Å²) in [5.74, 6) is 3.15. The monoisotopic (exact) mass is 713 g/mol. The number of rotatable bonds is 9. The van der Waals surface area contributed by atoms with Crippen molar-refractivity contribution >= 4 is 39.7 Å². The van der Waals surface area contributed by atoms with Gasteiger partial charge in [0.1, 0.15) is 17.7 Å². The molecule has 3 N–H and O–H groups in total. The molecule has 3 amide bonds. The lowest BCUT2D eigenvalue weighted by molar-refractivity contribution is -0.137. The van der Waals surface area contributed by atoms with E-state index in [1.807, 2.05) is 24.9 Å². The number of nitrogens with one attached hydrogen (secondary N) is 3. The van der Waals surface area contributed by atoms with Crippen LogP contribution >= 0.6 is 0 Å². The van der Waals surface area contributed by atoms with Gasteiger partial charge in [0.25, 0.3) is 0 Å². The van der Waals surface area contributed by atoms with Gasteiger partial charge in [0.2, 0.25) is 11.8 Å². The van der Waals surface area contributed by atoms with E-state index in [0.717, 1.165) is 81.5 Å². The summed E-state index contributed by atoms with van der Waals surface area (Å²) >= 11 is 0. The minimum atomic E-state index is -0.663. The van der Waals surface area contributed by atoms with Crippen molar-refractivity contribution in [3.63, 3.8) is 0 Å². The van der Waals surface area contributed by atoms with Crippen LogP contribution in [0.2, 0.25) is 0 Å². The van der Waals surface area contributed by atoms with Crippen LogP contribution in [0.3, 0.4) is 0 Å². The van der Waals surface area contributed by atoms with Crippen molar-refractivity contribution in [3.8, 4) is 22.4 Å². The van der Waals surface area contributed by atoms with Crippen molar-refractivity contribution in [3.05, 3.63) is 72.4 Å². The molecule has 274 valence electrons. The number of amides is 3. The van der Waals surface area contributed by atoms with E-state index < -0.39 is 12.1 Å². The third kappa shape index (κ3) is 5.94. The zero-order valence-corrected chi connectivity index (χ0v) is 30.9. The number of piperidine rings is 2. The number of H-pyrrole nitrogens is 2. The van der Waals surface area contributed by atoms with Crippen LogP contribution in [0.25, 0.3) is 44.2 Å². The smallest absolute Gasteiger partial charge is 0.407 e. The first-order chi connectivity index (χ1) is 25.6. The van der Waals surface area contributed by atoms with E-state index in [2.05, 4.69) is 88.6 Å². The van der Waals surface area contributed by atoms with Gasteiger partial charge in [-0.1, -0.05) is 70.2 Å². The van der Waals surface area contributed by atoms with Gasteiger partial charge in [-0.3, -0.25) is 9.59 Å². The first-order valence-electron chi connectivity index (χ1n) is 19.1. The fraction of sp³-hybridized carbons (Fsp3) is 0.452. The number of benzene rings is 3. The van der Waals surface area contributed by atoms with Crippen molar-refractivity contribution in [2.45, 2.75) is 90.0 Å². The van der Waals surface area contributed by atoms with E-state index in [1.54, 1.807) is 0 Å². The molecule has 2 aliphatic heterocycles. The Balaban J connectivity index is 0.926. The molecule has 2 saturated heterocycles. The number of alkyl carbamates (subject to hydrolysis) is 1. The molecule has 2 aromatic heterocycles. The van der Waals surface area contributed by atoms with Crippen molar-refractivity contribution in [1.82, 2.24) is 35.1 Å². The number of likely N-dealkylation sites (tertiary alicyclic amines) is 2. The van der Waals surface area contributed by atoms with Gasteiger partial charge in [0.15, 0.2) is 0 Å². The Bertz CT molecular complexity index is 2240. The molecule has 1 unspecified atom stereocenters. The van der Waals surface area contributed by atoms with E-state index in [4.69, 9.17) is 14.7 Å². The molecule has 3 aromatic carbocycles. The van der Waals surface area contributed by atoms with Crippen LogP contribution in [0.4, 0.5) is 4.79 Å². The largest absolute Gasteiger partial charge is 0.453 e. The number of aromatic amines is 2. The van der Waals surface area contributed by atoms with Crippen molar-refractivity contribution in [2.24, 2.45) is 23.7 Å². The molecule has 53 heavy (non-hydrogen) atoms.